The van der Waals surface area contributed by atoms with E-state index in [9.17, 15) is 9.59 Å². The standard InChI is InChI=1S/C22H24BrNO5S/c1-4-29-22(26)19-14-7-5-6-8-17(14)30-21(19)24-18(25)10-9-13-11-15(23)20(28-3)16(12-13)27-2/h9-12H,4-8H2,1-3H3,(H,24,25). The van der Waals surface area contributed by atoms with Gasteiger partial charge in [0.1, 0.15) is 5.00 Å². The Morgan fingerprint density at radius 3 is 2.67 bits per heavy atom. The molecule has 2 aromatic rings. The lowest BCUT2D eigenvalue weighted by atomic mass is 9.95. The molecule has 1 N–H and O–H groups in total. The summed E-state index contributed by atoms with van der Waals surface area (Å²) < 4.78 is 16.6. The number of hydrogen-bond donors (Lipinski definition) is 1. The first-order valence-electron chi connectivity index (χ1n) is 9.70. The van der Waals surface area contributed by atoms with Crippen molar-refractivity contribution in [2.75, 3.05) is 26.1 Å². The Morgan fingerprint density at radius 2 is 1.97 bits per heavy atom. The van der Waals surface area contributed by atoms with E-state index in [0.29, 0.717) is 28.7 Å². The highest BCUT2D eigenvalue weighted by atomic mass is 79.9. The van der Waals surface area contributed by atoms with Crippen molar-refractivity contribution in [3.05, 3.63) is 44.2 Å². The highest BCUT2D eigenvalue weighted by Gasteiger charge is 2.26. The van der Waals surface area contributed by atoms with Gasteiger partial charge in [-0.2, -0.15) is 0 Å². The van der Waals surface area contributed by atoms with Gasteiger partial charge in [0.05, 0.1) is 30.9 Å². The Kier molecular flexibility index (Phi) is 7.55. The number of methoxy groups -OCH3 is 2. The summed E-state index contributed by atoms with van der Waals surface area (Å²) in [7, 11) is 3.12. The minimum Gasteiger partial charge on any atom is -0.493 e. The van der Waals surface area contributed by atoms with E-state index in [1.54, 1.807) is 33.3 Å². The second kappa shape index (κ2) is 10.1. The molecule has 1 aromatic carbocycles. The lowest BCUT2D eigenvalue weighted by Gasteiger charge is -2.12. The molecule has 0 bridgehead atoms. The monoisotopic (exact) mass is 493 g/mol. The molecule has 1 aliphatic rings. The van der Waals surface area contributed by atoms with Gasteiger partial charge in [-0.25, -0.2) is 4.79 Å². The molecule has 0 radical (unpaired) electrons. The summed E-state index contributed by atoms with van der Waals surface area (Å²) in [4.78, 5) is 26.3. The SMILES string of the molecule is CCOC(=O)c1c(NC(=O)C=Cc2cc(Br)c(OC)c(OC)c2)sc2c1CCCC2. The van der Waals surface area contributed by atoms with Gasteiger partial charge in [-0.3, -0.25) is 4.79 Å². The number of nitrogens with one attached hydrogen (secondary N) is 1. The maximum atomic E-state index is 12.6. The summed E-state index contributed by atoms with van der Waals surface area (Å²) >= 11 is 4.91. The molecule has 6 nitrogen and oxygen atoms in total. The van der Waals surface area contributed by atoms with Crippen LogP contribution in [0.15, 0.2) is 22.7 Å². The van der Waals surface area contributed by atoms with Crippen molar-refractivity contribution in [3.8, 4) is 11.5 Å². The zero-order valence-corrected chi connectivity index (χ0v) is 19.6. The largest absolute Gasteiger partial charge is 0.493 e. The number of benzene rings is 1. The summed E-state index contributed by atoms with van der Waals surface area (Å²) in [5.41, 5.74) is 2.30. The molecule has 1 heterocycles. The van der Waals surface area contributed by atoms with Gasteiger partial charge < -0.3 is 19.5 Å². The number of fused-ring (bicyclic) bond motifs is 1. The quantitative estimate of drug-likeness (QED) is 0.421. The zero-order chi connectivity index (χ0) is 21.7. The zero-order valence-electron chi connectivity index (χ0n) is 17.2. The summed E-state index contributed by atoms with van der Waals surface area (Å²) in [6.45, 7) is 2.07. The number of carbonyl (C=O) groups excluding carboxylic acids is 2. The Bertz CT molecular complexity index is 982. The van der Waals surface area contributed by atoms with Crippen molar-refractivity contribution < 1.29 is 23.8 Å². The number of aryl methyl sites for hydroxylation is 1. The van der Waals surface area contributed by atoms with Crippen molar-refractivity contribution in [3.63, 3.8) is 0 Å². The number of anilines is 1. The first kappa shape index (κ1) is 22.4. The summed E-state index contributed by atoms with van der Waals surface area (Å²) in [6, 6.07) is 3.61. The molecule has 0 atom stereocenters. The third kappa shape index (κ3) is 4.87. The Labute approximate surface area is 188 Å². The topological polar surface area (TPSA) is 73.9 Å². The molecule has 0 saturated heterocycles. The van der Waals surface area contributed by atoms with Crippen LogP contribution in [0.1, 0.15) is 46.1 Å². The lowest BCUT2D eigenvalue weighted by Crippen LogP contribution is -2.14. The van der Waals surface area contributed by atoms with Crippen LogP contribution in [0.2, 0.25) is 0 Å². The number of rotatable bonds is 7. The number of thiophene rings is 1. The second-order valence-electron chi connectivity index (χ2n) is 6.70. The van der Waals surface area contributed by atoms with Gasteiger partial charge in [-0.1, -0.05) is 0 Å². The van der Waals surface area contributed by atoms with Gasteiger partial charge in [-0.15, -0.1) is 11.3 Å². The molecule has 1 amide bonds. The van der Waals surface area contributed by atoms with Crippen molar-refractivity contribution in [1.29, 1.82) is 0 Å². The molecule has 0 saturated carbocycles. The van der Waals surface area contributed by atoms with Gasteiger partial charge in [0.2, 0.25) is 5.91 Å². The average molecular weight is 494 g/mol. The van der Waals surface area contributed by atoms with Crippen molar-refractivity contribution >= 4 is 50.2 Å². The van der Waals surface area contributed by atoms with Crippen LogP contribution in [0.4, 0.5) is 5.00 Å². The fourth-order valence-electron chi connectivity index (χ4n) is 3.43. The second-order valence-corrected chi connectivity index (χ2v) is 8.66. The van der Waals surface area contributed by atoms with Gasteiger partial charge in [0.15, 0.2) is 11.5 Å². The Hall–Kier alpha value is -2.32. The molecule has 3 rings (SSSR count). The van der Waals surface area contributed by atoms with Crippen LogP contribution in [-0.4, -0.2) is 32.7 Å². The van der Waals surface area contributed by atoms with E-state index in [1.165, 1.54) is 17.4 Å². The van der Waals surface area contributed by atoms with Crippen LogP contribution in [-0.2, 0) is 22.4 Å². The maximum absolute atomic E-state index is 12.6. The predicted octanol–water partition coefficient (Wildman–Crippen LogP) is 5.24. The maximum Gasteiger partial charge on any atom is 0.341 e. The predicted molar refractivity (Wildman–Crippen MR) is 122 cm³/mol. The average Bonchev–Trinajstić information content (AvgIpc) is 3.09. The summed E-state index contributed by atoms with van der Waals surface area (Å²) in [5, 5.41) is 3.43. The van der Waals surface area contributed by atoms with Crippen molar-refractivity contribution in [2.24, 2.45) is 0 Å². The fraction of sp³-hybridized carbons (Fsp3) is 0.364. The number of amides is 1. The van der Waals surface area contributed by atoms with Crippen LogP contribution in [0.25, 0.3) is 6.08 Å². The lowest BCUT2D eigenvalue weighted by molar-refractivity contribution is -0.111. The number of carbonyl (C=O) groups is 2. The van der Waals surface area contributed by atoms with E-state index < -0.39 is 0 Å². The van der Waals surface area contributed by atoms with E-state index in [4.69, 9.17) is 14.2 Å². The Balaban J connectivity index is 1.82. The van der Waals surface area contributed by atoms with E-state index in [1.807, 2.05) is 6.07 Å². The van der Waals surface area contributed by atoms with Crippen molar-refractivity contribution in [2.45, 2.75) is 32.6 Å². The molecular weight excluding hydrogens is 470 g/mol. The number of hydrogen-bond acceptors (Lipinski definition) is 6. The molecule has 160 valence electrons. The van der Waals surface area contributed by atoms with E-state index in [0.717, 1.165) is 46.2 Å². The van der Waals surface area contributed by atoms with Gasteiger partial charge in [-0.05, 0) is 77.9 Å². The molecule has 1 aromatic heterocycles. The highest BCUT2D eigenvalue weighted by molar-refractivity contribution is 9.10. The van der Waals surface area contributed by atoms with Crippen LogP contribution in [0.5, 0.6) is 11.5 Å². The van der Waals surface area contributed by atoms with Crippen LogP contribution in [0.3, 0.4) is 0 Å². The fourth-order valence-corrected chi connectivity index (χ4v) is 5.33. The van der Waals surface area contributed by atoms with Gasteiger partial charge >= 0.3 is 5.97 Å². The first-order chi connectivity index (χ1) is 14.5. The molecule has 0 unspecified atom stereocenters. The molecule has 0 spiro atoms. The van der Waals surface area contributed by atoms with Gasteiger partial charge in [0, 0.05) is 11.0 Å². The first-order valence-corrected chi connectivity index (χ1v) is 11.3. The number of halogens is 1. The molecule has 30 heavy (non-hydrogen) atoms. The number of ether oxygens (including phenoxy) is 3. The molecule has 8 heteroatoms. The normalized spacial score (nSPS) is 13.1. The van der Waals surface area contributed by atoms with Crippen LogP contribution in [0, 0.1) is 0 Å². The van der Waals surface area contributed by atoms with E-state index >= 15 is 0 Å². The Morgan fingerprint density at radius 1 is 1.20 bits per heavy atom. The highest BCUT2D eigenvalue weighted by Crippen LogP contribution is 2.39. The third-order valence-corrected chi connectivity index (χ3v) is 6.57. The van der Waals surface area contributed by atoms with Gasteiger partial charge in [0.25, 0.3) is 0 Å². The molecule has 0 aliphatic heterocycles. The number of esters is 1. The molecule has 0 fully saturated rings. The van der Waals surface area contributed by atoms with Crippen LogP contribution >= 0.6 is 27.3 Å². The molecular formula is C22H24BrNO5S. The minimum atomic E-state index is -0.375. The van der Waals surface area contributed by atoms with Crippen LogP contribution < -0.4 is 14.8 Å². The third-order valence-electron chi connectivity index (χ3n) is 4.77. The van der Waals surface area contributed by atoms with Crippen molar-refractivity contribution in [1.82, 2.24) is 0 Å². The molecule has 1 aliphatic carbocycles. The summed E-state index contributed by atoms with van der Waals surface area (Å²) in [6.07, 6.45) is 7.01. The smallest absolute Gasteiger partial charge is 0.341 e. The summed E-state index contributed by atoms with van der Waals surface area (Å²) in [5.74, 6) is 0.454. The van der Waals surface area contributed by atoms with E-state index in [2.05, 4.69) is 21.2 Å². The minimum absolute atomic E-state index is 0.297. The van der Waals surface area contributed by atoms with E-state index in [-0.39, 0.29) is 11.9 Å².